The quantitative estimate of drug-likeness (QED) is 0.897. The fraction of sp³-hybridized carbons (Fsp3) is 0.500. The van der Waals surface area contributed by atoms with Crippen LogP contribution in [-0.2, 0) is 0 Å². The second-order valence-corrected chi connectivity index (χ2v) is 6.88. The van der Waals surface area contributed by atoms with Crippen LogP contribution in [0.2, 0.25) is 0 Å². The SMILES string of the molecule is Cc1nc2ccc(Br)cn2c1C(=O)NC1CCCCC1C. The third-order valence-corrected chi connectivity index (χ3v) is 4.87. The molecule has 1 aliphatic carbocycles. The zero-order valence-corrected chi connectivity index (χ0v) is 14.0. The van der Waals surface area contributed by atoms with E-state index in [1.165, 1.54) is 19.3 Å². The van der Waals surface area contributed by atoms with Crippen molar-refractivity contribution in [3.8, 4) is 0 Å². The highest BCUT2D eigenvalue weighted by Crippen LogP contribution is 2.24. The molecule has 3 rings (SSSR count). The summed E-state index contributed by atoms with van der Waals surface area (Å²) in [6.45, 7) is 4.11. The Bertz CT molecular complexity index is 679. The molecular weight excluding hydrogens is 330 g/mol. The fourth-order valence-corrected chi connectivity index (χ4v) is 3.51. The van der Waals surface area contributed by atoms with E-state index in [9.17, 15) is 4.79 Å². The van der Waals surface area contributed by atoms with Gasteiger partial charge in [0.1, 0.15) is 11.3 Å². The lowest BCUT2D eigenvalue weighted by Crippen LogP contribution is -2.41. The highest BCUT2D eigenvalue weighted by Gasteiger charge is 2.25. The molecule has 1 N–H and O–H groups in total. The number of nitrogens with zero attached hydrogens (tertiary/aromatic N) is 2. The number of rotatable bonds is 2. The van der Waals surface area contributed by atoms with Gasteiger partial charge in [-0.25, -0.2) is 4.98 Å². The summed E-state index contributed by atoms with van der Waals surface area (Å²) in [5, 5.41) is 3.21. The van der Waals surface area contributed by atoms with E-state index >= 15 is 0 Å². The third kappa shape index (κ3) is 2.84. The molecule has 0 aromatic carbocycles. The number of carbonyl (C=O) groups excluding carboxylic acids is 1. The molecule has 2 unspecified atom stereocenters. The highest BCUT2D eigenvalue weighted by molar-refractivity contribution is 9.10. The monoisotopic (exact) mass is 349 g/mol. The number of hydrogen-bond acceptors (Lipinski definition) is 2. The summed E-state index contributed by atoms with van der Waals surface area (Å²) in [4.78, 5) is 17.1. The van der Waals surface area contributed by atoms with Crippen LogP contribution in [0.3, 0.4) is 0 Å². The minimum atomic E-state index is -0.0168. The van der Waals surface area contributed by atoms with Crippen LogP contribution in [0.5, 0.6) is 0 Å². The molecule has 5 heteroatoms. The average molecular weight is 350 g/mol. The van der Waals surface area contributed by atoms with Crippen molar-refractivity contribution < 1.29 is 4.79 Å². The number of halogens is 1. The first-order chi connectivity index (χ1) is 10.1. The van der Waals surface area contributed by atoms with Gasteiger partial charge >= 0.3 is 0 Å². The van der Waals surface area contributed by atoms with Crippen molar-refractivity contribution in [2.24, 2.45) is 5.92 Å². The van der Waals surface area contributed by atoms with Crippen molar-refractivity contribution in [2.75, 3.05) is 0 Å². The topological polar surface area (TPSA) is 46.4 Å². The lowest BCUT2D eigenvalue weighted by molar-refractivity contribution is 0.0903. The molecule has 0 saturated heterocycles. The predicted molar refractivity (Wildman–Crippen MR) is 86.5 cm³/mol. The van der Waals surface area contributed by atoms with Crippen molar-refractivity contribution in [3.05, 3.63) is 34.2 Å². The number of hydrogen-bond donors (Lipinski definition) is 1. The van der Waals surface area contributed by atoms with Crippen LogP contribution in [0, 0.1) is 12.8 Å². The van der Waals surface area contributed by atoms with Crippen molar-refractivity contribution in [1.82, 2.24) is 14.7 Å². The molecule has 0 spiro atoms. The summed E-state index contributed by atoms with van der Waals surface area (Å²) in [5.41, 5.74) is 2.22. The molecule has 1 fully saturated rings. The van der Waals surface area contributed by atoms with Gasteiger partial charge in [-0.3, -0.25) is 9.20 Å². The number of aryl methyl sites for hydroxylation is 1. The van der Waals surface area contributed by atoms with E-state index in [0.717, 1.165) is 22.2 Å². The molecule has 112 valence electrons. The van der Waals surface area contributed by atoms with Crippen LogP contribution in [0.4, 0.5) is 0 Å². The van der Waals surface area contributed by atoms with Gasteiger partial charge in [-0.05, 0) is 53.7 Å². The van der Waals surface area contributed by atoms with E-state index in [-0.39, 0.29) is 11.9 Å². The zero-order valence-electron chi connectivity index (χ0n) is 12.4. The van der Waals surface area contributed by atoms with E-state index in [4.69, 9.17) is 0 Å². The molecule has 0 radical (unpaired) electrons. The van der Waals surface area contributed by atoms with Crippen molar-refractivity contribution in [3.63, 3.8) is 0 Å². The Hall–Kier alpha value is -1.36. The van der Waals surface area contributed by atoms with Gasteiger partial charge in [0, 0.05) is 16.7 Å². The second-order valence-electron chi connectivity index (χ2n) is 5.96. The molecule has 2 atom stereocenters. The minimum absolute atomic E-state index is 0.0168. The van der Waals surface area contributed by atoms with E-state index < -0.39 is 0 Å². The summed E-state index contributed by atoms with van der Waals surface area (Å²) in [7, 11) is 0. The lowest BCUT2D eigenvalue weighted by Gasteiger charge is -2.29. The number of carbonyl (C=O) groups is 1. The molecule has 1 saturated carbocycles. The number of aromatic nitrogens is 2. The van der Waals surface area contributed by atoms with Gasteiger partial charge in [0.15, 0.2) is 0 Å². The maximum Gasteiger partial charge on any atom is 0.270 e. The van der Waals surface area contributed by atoms with Crippen LogP contribution in [0.25, 0.3) is 5.65 Å². The smallest absolute Gasteiger partial charge is 0.270 e. The maximum atomic E-state index is 12.7. The summed E-state index contributed by atoms with van der Waals surface area (Å²) >= 11 is 3.45. The molecule has 4 nitrogen and oxygen atoms in total. The van der Waals surface area contributed by atoms with E-state index in [0.29, 0.717) is 11.6 Å². The average Bonchev–Trinajstić information content (AvgIpc) is 2.76. The first-order valence-electron chi connectivity index (χ1n) is 7.51. The summed E-state index contributed by atoms with van der Waals surface area (Å²) in [5.74, 6) is 0.533. The van der Waals surface area contributed by atoms with Gasteiger partial charge in [-0.15, -0.1) is 0 Å². The Morgan fingerprint density at radius 2 is 2.14 bits per heavy atom. The molecule has 1 aliphatic rings. The predicted octanol–water partition coefficient (Wildman–Crippen LogP) is 3.71. The second kappa shape index (κ2) is 5.79. The van der Waals surface area contributed by atoms with Crippen LogP contribution in [0.15, 0.2) is 22.8 Å². The van der Waals surface area contributed by atoms with Gasteiger partial charge in [-0.1, -0.05) is 19.8 Å². The maximum absolute atomic E-state index is 12.7. The van der Waals surface area contributed by atoms with Gasteiger partial charge in [0.05, 0.1) is 5.69 Å². The Labute approximate surface area is 133 Å². The van der Waals surface area contributed by atoms with Gasteiger partial charge < -0.3 is 5.32 Å². The summed E-state index contributed by atoms with van der Waals surface area (Å²) in [6.07, 6.45) is 6.64. The molecule has 0 bridgehead atoms. The molecular formula is C16H20BrN3O. The third-order valence-electron chi connectivity index (χ3n) is 4.40. The van der Waals surface area contributed by atoms with E-state index in [1.807, 2.05) is 29.7 Å². The molecule has 2 heterocycles. The van der Waals surface area contributed by atoms with Gasteiger partial charge in [0.25, 0.3) is 5.91 Å². The van der Waals surface area contributed by atoms with Crippen LogP contribution < -0.4 is 5.32 Å². The number of amides is 1. The standard InChI is InChI=1S/C16H20BrN3O/c1-10-5-3-4-6-13(10)19-16(21)15-11(2)18-14-8-7-12(17)9-20(14)15/h7-10,13H,3-6H2,1-2H3,(H,19,21). The Balaban J connectivity index is 1.90. The van der Waals surface area contributed by atoms with Gasteiger partial charge in [-0.2, -0.15) is 0 Å². The number of pyridine rings is 1. The molecule has 0 aliphatic heterocycles. The molecule has 2 aromatic rings. The van der Waals surface area contributed by atoms with Gasteiger partial charge in [0.2, 0.25) is 0 Å². The largest absolute Gasteiger partial charge is 0.348 e. The fourth-order valence-electron chi connectivity index (χ4n) is 3.18. The summed E-state index contributed by atoms with van der Waals surface area (Å²) in [6, 6.07) is 4.13. The van der Waals surface area contributed by atoms with Crippen molar-refractivity contribution >= 4 is 27.5 Å². The number of imidazole rings is 1. The first kappa shape index (κ1) is 14.6. The van der Waals surface area contributed by atoms with E-state index in [2.05, 4.69) is 33.2 Å². The summed E-state index contributed by atoms with van der Waals surface area (Å²) < 4.78 is 2.80. The number of fused-ring (bicyclic) bond motifs is 1. The zero-order chi connectivity index (χ0) is 15.0. The van der Waals surface area contributed by atoms with Crippen LogP contribution in [0.1, 0.15) is 48.8 Å². The van der Waals surface area contributed by atoms with Crippen LogP contribution >= 0.6 is 15.9 Å². The Kier molecular flexibility index (Phi) is 4.02. The molecule has 2 aromatic heterocycles. The van der Waals surface area contributed by atoms with Crippen molar-refractivity contribution in [1.29, 1.82) is 0 Å². The Morgan fingerprint density at radius 1 is 1.38 bits per heavy atom. The highest BCUT2D eigenvalue weighted by atomic mass is 79.9. The lowest BCUT2D eigenvalue weighted by atomic mass is 9.86. The first-order valence-corrected chi connectivity index (χ1v) is 8.30. The van der Waals surface area contributed by atoms with E-state index in [1.54, 1.807) is 0 Å². The molecule has 21 heavy (non-hydrogen) atoms. The normalized spacial score (nSPS) is 22.4. The molecule has 1 amide bonds. The minimum Gasteiger partial charge on any atom is -0.348 e. The number of nitrogens with one attached hydrogen (secondary N) is 1. The van der Waals surface area contributed by atoms with Crippen LogP contribution in [-0.4, -0.2) is 21.3 Å². The van der Waals surface area contributed by atoms with Crippen molar-refractivity contribution in [2.45, 2.75) is 45.6 Å². The Morgan fingerprint density at radius 3 is 2.90 bits per heavy atom.